The van der Waals surface area contributed by atoms with E-state index in [4.69, 9.17) is 4.74 Å². The Bertz CT molecular complexity index is 464. The SMILES string of the molecule is CCC1OCCC1CNc1ccc(Br)cc1C(F)(F)F. The molecule has 20 heavy (non-hydrogen) atoms. The van der Waals surface area contributed by atoms with Crippen LogP contribution in [0.1, 0.15) is 25.3 Å². The lowest BCUT2D eigenvalue weighted by Gasteiger charge is -2.20. The second-order valence-corrected chi connectivity index (χ2v) is 5.85. The van der Waals surface area contributed by atoms with E-state index in [1.165, 1.54) is 6.07 Å². The van der Waals surface area contributed by atoms with Gasteiger partial charge in [0, 0.05) is 29.2 Å². The smallest absolute Gasteiger partial charge is 0.384 e. The molecular formula is C14H17BrF3NO. The van der Waals surface area contributed by atoms with E-state index >= 15 is 0 Å². The van der Waals surface area contributed by atoms with Gasteiger partial charge in [-0.15, -0.1) is 0 Å². The van der Waals surface area contributed by atoms with Crippen molar-refractivity contribution in [1.82, 2.24) is 0 Å². The molecule has 1 N–H and O–H groups in total. The summed E-state index contributed by atoms with van der Waals surface area (Å²) in [4.78, 5) is 0. The molecule has 1 aromatic carbocycles. The van der Waals surface area contributed by atoms with Gasteiger partial charge < -0.3 is 10.1 Å². The highest BCUT2D eigenvalue weighted by Crippen LogP contribution is 2.37. The summed E-state index contributed by atoms with van der Waals surface area (Å²) in [7, 11) is 0. The van der Waals surface area contributed by atoms with Crippen molar-refractivity contribution >= 4 is 21.6 Å². The Balaban J connectivity index is 2.09. The minimum atomic E-state index is -4.36. The number of ether oxygens (including phenoxy) is 1. The molecule has 0 aliphatic carbocycles. The minimum absolute atomic E-state index is 0.127. The topological polar surface area (TPSA) is 21.3 Å². The maximum Gasteiger partial charge on any atom is 0.418 e. The highest BCUT2D eigenvalue weighted by Gasteiger charge is 2.34. The van der Waals surface area contributed by atoms with Crippen LogP contribution in [0.4, 0.5) is 18.9 Å². The first kappa shape index (κ1) is 15.6. The number of hydrogen-bond acceptors (Lipinski definition) is 2. The first-order valence-corrected chi connectivity index (χ1v) is 7.43. The summed E-state index contributed by atoms with van der Waals surface area (Å²) in [5.74, 6) is 0.268. The van der Waals surface area contributed by atoms with E-state index in [1.807, 2.05) is 6.92 Å². The van der Waals surface area contributed by atoms with Crippen LogP contribution in [-0.4, -0.2) is 19.3 Å². The van der Waals surface area contributed by atoms with E-state index in [-0.39, 0.29) is 17.7 Å². The Labute approximate surface area is 124 Å². The van der Waals surface area contributed by atoms with Gasteiger partial charge in [-0.25, -0.2) is 0 Å². The fourth-order valence-corrected chi connectivity index (χ4v) is 2.88. The van der Waals surface area contributed by atoms with E-state index in [0.29, 0.717) is 17.6 Å². The molecule has 1 saturated heterocycles. The van der Waals surface area contributed by atoms with Crippen molar-refractivity contribution < 1.29 is 17.9 Å². The van der Waals surface area contributed by atoms with Gasteiger partial charge in [0.2, 0.25) is 0 Å². The maximum atomic E-state index is 13.0. The van der Waals surface area contributed by atoms with E-state index in [0.717, 1.165) is 18.9 Å². The van der Waals surface area contributed by atoms with Crippen molar-refractivity contribution in [2.75, 3.05) is 18.5 Å². The van der Waals surface area contributed by atoms with Gasteiger partial charge in [0.25, 0.3) is 0 Å². The van der Waals surface area contributed by atoms with Crippen molar-refractivity contribution in [2.24, 2.45) is 5.92 Å². The summed E-state index contributed by atoms with van der Waals surface area (Å²) >= 11 is 3.08. The van der Waals surface area contributed by atoms with E-state index in [1.54, 1.807) is 6.07 Å². The summed E-state index contributed by atoms with van der Waals surface area (Å²) in [6.45, 7) is 3.23. The molecule has 0 bridgehead atoms. The molecule has 1 aliphatic rings. The van der Waals surface area contributed by atoms with Crippen molar-refractivity contribution in [1.29, 1.82) is 0 Å². The molecule has 2 nitrogen and oxygen atoms in total. The molecule has 2 rings (SSSR count). The first-order valence-electron chi connectivity index (χ1n) is 6.64. The Morgan fingerprint density at radius 2 is 2.15 bits per heavy atom. The number of alkyl halides is 3. The molecule has 0 amide bonds. The van der Waals surface area contributed by atoms with Gasteiger partial charge in [0.1, 0.15) is 0 Å². The number of nitrogens with one attached hydrogen (secondary N) is 1. The molecule has 0 radical (unpaired) electrons. The average molecular weight is 352 g/mol. The average Bonchev–Trinajstić information content (AvgIpc) is 2.83. The molecule has 6 heteroatoms. The molecule has 2 unspecified atom stereocenters. The lowest BCUT2D eigenvalue weighted by Crippen LogP contribution is -2.23. The van der Waals surface area contributed by atoms with Crippen LogP contribution < -0.4 is 5.32 Å². The molecule has 0 saturated carbocycles. The summed E-state index contributed by atoms with van der Waals surface area (Å²) < 4.78 is 44.9. The standard InChI is InChI=1S/C14H17BrF3NO/c1-2-13-9(5-6-20-13)8-19-12-4-3-10(15)7-11(12)14(16,17)18/h3-4,7,9,13,19H,2,5-6,8H2,1H3. The highest BCUT2D eigenvalue weighted by molar-refractivity contribution is 9.10. The van der Waals surface area contributed by atoms with Gasteiger partial charge in [-0.05, 0) is 31.0 Å². The summed E-state index contributed by atoms with van der Waals surface area (Å²) in [5.41, 5.74) is -0.513. The molecule has 0 spiro atoms. The quantitative estimate of drug-likeness (QED) is 0.849. The van der Waals surface area contributed by atoms with Crippen molar-refractivity contribution in [3.63, 3.8) is 0 Å². The third kappa shape index (κ3) is 3.67. The van der Waals surface area contributed by atoms with Crippen LogP contribution in [0.2, 0.25) is 0 Å². The predicted octanol–water partition coefficient (Wildman–Crippen LogP) is 4.69. The minimum Gasteiger partial charge on any atom is -0.384 e. The first-order chi connectivity index (χ1) is 9.41. The number of hydrogen-bond donors (Lipinski definition) is 1. The van der Waals surface area contributed by atoms with Gasteiger partial charge in [-0.2, -0.15) is 13.2 Å². The largest absolute Gasteiger partial charge is 0.418 e. The van der Waals surface area contributed by atoms with Crippen LogP contribution in [0.15, 0.2) is 22.7 Å². The van der Waals surface area contributed by atoms with Crippen LogP contribution in [0.5, 0.6) is 0 Å². The van der Waals surface area contributed by atoms with Gasteiger partial charge in [-0.1, -0.05) is 22.9 Å². The zero-order chi connectivity index (χ0) is 14.8. The second-order valence-electron chi connectivity index (χ2n) is 4.93. The zero-order valence-corrected chi connectivity index (χ0v) is 12.7. The normalized spacial score (nSPS) is 23.1. The maximum absolute atomic E-state index is 13.0. The lowest BCUT2D eigenvalue weighted by atomic mass is 9.99. The van der Waals surface area contributed by atoms with Gasteiger partial charge in [0.05, 0.1) is 11.7 Å². The summed E-state index contributed by atoms with van der Waals surface area (Å²) in [6.07, 6.45) is -2.43. The molecule has 0 aromatic heterocycles. The van der Waals surface area contributed by atoms with Crippen LogP contribution >= 0.6 is 15.9 Å². The zero-order valence-electron chi connectivity index (χ0n) is 11.1. The van der Waals surface area contributed by atoms with Crippen LogP contribution in [0.3, 0.4) is 0 Å². The summed E-state index contributed by atoms with van der Waals surface area (Å²) in [5, 5.41) is 2.93. The lowest BCUT2D eigenvalue weighted by molar-refractivity contribution is -0.137. The highest BCUT2D eigenvalue weighted by atomic mass is 79.9. The van der Waals surface area contributed by atoms with E-state index in [2.05, 4.69) is 21.2 Å². The molecule has 1 aliphatic heterocycles. The molecule has 112 valence electrons. The molecule has 1 aromatic rings. The van der Waals surface area contributed by atoms with Gasteiger partial charge in [0.15, 0.2) is 0 Å². The third-order valence-corrected chi connectivity index (χ3v) is 4.08. The number of halogens is 4. The number of anilines is 1. The second kappa shape index (κ2) is 6.35. The van der Waals surface area contributed by atoms with Gasteiger partial charge in [-0.3, -0.25) is 0 Å². The summed E-state index contributed by atoms with van der Waals surface area (Å²) in [6, 6.07) is 4.18. The molecule has 2 atom stereocenters. The fourth-order valence-electron chi connectivity index (χ4n) is 2.52. The molecule has 1 heterocycles. The Hall–Kier alpha value is -0.750. The Morgan fingerprint density at radius 3 is 2.80 bits per heavy atom. The van der Waals surface area contributed by atoms with Gasteiger partial charge >= 0.3 is 6.18 Å². The van der Waals surface area contributed by atoms with Crippen molar-refractivity contribution in [3.05, 3.63) is 28.2 Å². The van der Waals surface area contributed by atoms with Crippen LogP contribution in [0.25, 0.3) is 0 Å². The molecule has 1 fully saturated rings. The van der Waals surface area contributed by atoms with Crippen molar-refractivity contribution in [2.45, 2.75) is 32.0 Å². The predicted molar refractivity (Wildman–Crippen MR) is 75.8 cm³/mol. The van der Waals surface area contributed by atoms with E-state index < -0.39 is 11.7 Å². The van der Waals surface area contributed by atoms with Crippen molar-refractivity contribution in [3.8, 4) is 0 Å². The monoisotopic (exact) mass is 351 g/mol. The van der Waals surface area contributed by atoms with E-state index in [9.17, 15) is 13.2 Å². The molecular weight excluding hydrogens is 335 g/mol. The Kier molecular flexibility index (Phi) is 4.96. The Morgan fingerprint density at radius 1 is 1.40 bits per heavy atom. The van der Waals surface area contributed by atoms with Crippen LogP contribution in [-0.2, 0) is 10.9 Å². The fraction of sp³-hybridized carbons (Fsp3) is 0.571. The van der Waals surface area contributed by atoms with Crippen LogP contribution in [0, 0.1) is 5.92 Å². The number of benzene rings is 1. The third-order valence-electron chi connectivity index (χ3n) is 3.59. The number of rotatable bonds is 4.